The van der Waals surface area contributed by atoms with Crippen molar-refractivity contribution in [3.63, 3.8) is 0 Å². The highest BCUT2D eigenvalue weighted by atomic mass is 16.5. The molecule has 0 aliphatic carbocycles. The molecule has 0 aliphatic heterocycles. The molecule has 0 unspecified atom stereocenters. The van der Waals surface area contributed by atoms with Crippen LogP contribution in [0.25, 0.3) is 0 Å². The van der Waals surface area contributed by atoms with E-state index < -0.39 is 0 Å². The first-order valence-corrected chi connectivity index (χ1v) is 8.40. The van der Waals surface area contributed by atoms with E-state index in [0.717, 1.165) is 5.56 Å². The van der Waals surface area contributed by atoms with Gasteiger partial charge in [-0.3, -0.25) is 4.79 Å². The van der Waals surface area contributed by atoms with Crippen LogP contribution in [0.2, 0.25) is 0 Å². The zero-order chi connectivity index (χ0) is 18.6. The van der Waals surface area contributed by atoms with Crippen molar-refractivity contribution in [3.8, 4) is 11.5 Å². The molecule has 134 valence electrons. The van der Waals surface area contributed by atoms with E-state index in [-0.39, 0.29) is 17.4 Å². The van der Waals surface area contributed by atoms with Crippen molar-refractivity contribution in [3.05, 3.63) is 59.2 Å². The summed E-state index contributed by atoms with van der Waals surface area (Å²) >= 11 is 0. The van der Waals surface area contributed by atoms with Crippen LogP contribution in [-0.4, -0.2) is 20.1 Å². The van der Waals surface area contributed by atoms with Gasteiger partial charge in [-0.2, -0.15) is 0 Å². The molecule has 1 amide bonds. The number of rotatable bonds is 5. The Hall–Kier alpha value is -2.49. The lowest BCUT2D eigenvalue weighted by atomic mass is 9.86. The van der Waals surface area contributed by atoms with E-state index in [1.54, 1.807) is 25.3 Å². The van der Waals surface area contributed by atoms with E-state index in [4.69, 9.17) is 9.47 Å². The van der Waals surface area contributed by atoms with E-state index in [1.165, 1.54) is 12.7 Å². The largest absolute Gasteiger partial charge is 0.493 e. The average Bonchev–Trinajstić information content (AvgIpc) is 2.60. The number of nitrogens with one attached hydrogen (secondary N) is 1. The Kier molecular flexibility index (Phi) is 5.73. The lowest BCUT2D eigenvalue weighted by Crippen LogP contribution is -2.27. The van der Waals surface area contributed by atoms with Gasteiger partial charge in [0.2, 0.25) is 0 Å². The summed E-state index contributed by atoms with van der Waals surface area (Å²) in [6.07, 6.45) is 0. The third-order valence-corrected chi connectivity index (χ3v) is 4.27. The fraction of sp³-hybridized carbons (Fsp3) is 0.381. The first-order chi connectivity index (χ1) is 11.8. The van der Waals surface area contributed by atoms with Gasteiger partial charge in [-0.25, -0.2) is 0 Å². The summed E-state index contributed by atoms with van der Waals surface area (Å²) in [7, 11) is 3.09. The second-order valence-electron chi connectivity index (χ2n) is 7.11. The molecule has 0 aliphatic rings. The van der Waals surface area contributed by atoms with Crippen molar-refractivity contribution in [1.29, 1.82) is 0 Å². The topological polar surface area (TPSA) is 47.6 Å². The van der Waals surface area contributed by atoms with Crippen LogP contribution in [0.15, 0.2) is 42.5 Å². The van der Waals surface area contributed by atoms with Crippen LogP contribution < -0.4 is 14.8 Å². The van der Waals surface area contributed by atoms with Gasteiger partial charge in [-0.15, -0.1) is 0 Å². The Labute approximate surface area is 150 Å². The molecule has 0 fully saturated rings. The zero-order valence-corrected chi connectivity index (χ0v) is 15.8. The average molecular weight is 341 g/mol. The summed E-state index contributed by atoms with van der Waals surface area (Å²) in [6.45, 7) is 8.52. The van der Waals surface area contributed by atoms with Gasteiger partial charge in [0.05, 0.1) is 25.8 Å². The van der Waals surface area contributed by atoms with Gasteiger partial charge in [0.15, 0.2) is 11.5 Å². The van der Waals surface area contributed by atoms with Crippen LogP contribution in [0.5, 0.6) is 11.5 Å². The summed E-state index contributed by atoms with van der Waals surface area (Å²) in [4.78, 5) is 12.7. The number of carbonyl (C=O) groups excluding carboxylic acids is 1. The first kappa shape index (κ1) is 18.8. The summed E-state index contributed by atoms with van der Waals surface area (Å²) in [5, 5.41) is 3.02. The molecule has 0 bridgehead atoms. The smallest absolute Gasteiger partial charge is 0.255 e. The van der Waals surface area contributed by atoms with Gasteiger partial charge in [-0.1, -0.05) is 51.1 Å². The second kappa shape index (κ2) is 7.60. The molecule has 2 aromatic rings. The predicted octanol–water partition coefficient (Wildman–Crippen LogP) is 4.49. The van der Waals surface area contributed by atoms with Crippen LogP contribution in [0.1, 0.15) is 55.2 Å². The fourth-order valence-electron chi connectivity index (χ4n) is 2.70. The van der Waals surface area contributed by atoms with Crippen LogP contribution in [0.4, 0.5) is 0 Å². The molecular formula is C21H27NO3. The summed E-state index contributed by atoms with van der Waals surface area (Å²) in [6, 6.07) is 13.5. The Balaban J connectivity index is 2.18. The number of hydrogen-bond acceptors (Lipinski definition) is 3. The minimum atomic E-state index is -0.192. The van der Waals surface area contributed by atoms with Crippen molar-refractivity contribution < 1.29 is 14.3 Å². The van der Waals surface area contributed by atoms with Gasteiger partial charge in [0.1, 0.15) is 0 Å². The number of amides is 1. The van der Waals surface area contributed by atoms with E-state index in [9.17, 15) is 4.79 Å². The van der Waals surface area contributed by atoms with Gasteiger partial charge in [0.25, 0.3) is 5.91 Å². The quantitative estimate of drug-likeness (QED) is 0.871. The Bertz CT molecular complexity index is 730. The molecule has 25 heavy (non-hydrogen) atoms. The minimum absolute atomic E-state index is 0.110. The molecule has 0 heterocycles. The van der Waals surface area contributed by atoms with E-state index in [0.29, 0.717) is 17.1 Å². The highest BCUT2D eigenvalue weighted by Crippen LogP contribution is 2.31. The van der Waals surface area contributed by atoms with E-state index in [2.05, 4.69) is 50.4 Å². The minimum Gasteiger partial charge on any atom is -0.493 e. The van der Waals surface area contributed by atoms with Crippen molar-refractivity contribution in [2.75, 3.05) is 14.2 Å². The Morgan fingerprint density at radius 1 is 1.00 bits per heavy atom. The third kappa shape index (κ3) is 4.32. The maximum atomic E-state index is 12.7. The monoisotopic (exact) mass is 341 g/mol. The Morgan fingerprint density at radius 3 is 2.16 bits per heavy atom. The molecule has 0 saturated heterocycles. The standard InChI is InChI=1S/C21H27NO3/c1-14(15-10-12-16(13-11-15)21(2,3)4)22-20(23)17-8-7-9-18(24-5)19(17)25-6/h7-14H,1-6H3,(H,22,23)/t14-/m0/s1. The van der Waals surface area contributed by atoms with Crippen LogP contribution in [-0.2, 0) is 5.41 Å². The molecule has 0 spiro atoms. The SMILES string of the molecule is COc1cccc(C(=O)N[C@@H](C)c2ccc(C(C)(C)C)cc2)c1OC. The second-order valence-corrected chi connectivity index (χ2v) is 7.11. The van der Waals surface area contributed by atoms with Crippen LogP contribution in [0, 0.1) is 0 Å². The van der Waals surface area contributed by atoms with Gasteiger partial charge in [0, 0.05) is 0 Å². The van der Waals surface area contributed by atoms with Gasteiger partial charge < -0.3 is 14.8 Å². The van der Waals surface area contributed by atoms with Gasteiger partial charge >= 0.3 is 0 Å². The lowest BCUT2D eigenvalue weighted by Gasteiger charge is -2.21. The fourth-order valence-corrected chi connectivity index (χ4v) is 2.70. The number of methoxy groups -OCH3 is 2. The lowest BCUT2D eigenvalue weighted by molar-refractivity contribution is 0.0936. The van der Waals surface area contributed by atoms with Crippen LogP contribution in [0.3, 0.4) is 0 Å². The number of carbonyl (C=O) groups is 1. The molecule has 2 aromatic carbocycles. The molecule has 0 aromatic heterocycles. The summed E-state index contributed by atoms with van der Waals surface area (Å²) in [5.74, 6) is 0.790. The number of hydrogen-bond donors (Lipinski definition) is 1. The maximum Gasteiger partial charge on any atom is 0.255 e. The highest BCUT2D eigenvalue weighted by Gasteiger charge is 2.19. The van der Waals surface area contributed by atoms with Crippen molar-refractivity contribution >= 4 is 5.91 Å². The first-order valence-electron chi connectivity index (χ1n) is 8.40. The van der Waals surface area contributed by atoms with Crippen molar-refractivity contribution in [2.45, 2.75) is 39.2 Å². The molecule has 0 radical (unpaired) electrons. The molecular weight excluding hydrogens is 314 g/mol. The molecule has 4 heteroatoms. The normalized spacial score (nSPS) is 12.4. The molecule has 4 nitrogen and oxygen atoms in total. The number of para-hydroxylation sites is 1. The highest BCUT2D eigenvalue weighted by molar-refractivity contribution is 5.98. The molecule has 1 N–H and O–H groups in total. The molecule has 1 atom stereocenters. The van der Waals surface area contributed by atoms with Gasteiger partial charge in [-0.05, 0) is 35.6 Å². The maximum absolute atomic E-state index is 12.7. The third-order valence-electron chi connectivity index (χ3n) is 4.27. The molecule has 2 rings (SSSR count). The van der Waals surface area contributed by atoms with E-state index in [1.807, 2.05) is 6.92 Å². The summed E-state index contributed by atoms with van der Waals surface area (Å²) < 4.78 is 10.6. The predicted molar refractivity (Wildman–Crippen MR) is 101 cm³/mol. The number of ether oxygens (including phenoxy) is 2. The van der Waals surface area contributed by atoms with Crippen molar-refractivity contribution in [2.24, 2.45) is 0 Å². The van der Waals surface area contributed by atoms with Crippen LogP contribution >= 0.6 is 0 Å². The zero-order valence-electron chi connectivity index (χ0n) is 15.8. The van der Waals surface area contributed by atoms with Crippen molar-refractivity contribution in [1.82, 2.24) is 5.32 Å². The summed E-state index contributed by atoms with van der Waals surface area (Å²) in [5.41, 5.74) is 2.89. The molecule has 0 saturated carbocycles. The Morgan fingerprint density at radius 2 is 1.64 bits per heavy atom. The number of benzene rings is 2. The van der Waals surface area contributed by atoms with E-state index >= 15 is 0 Å².